The van der Waals surface area contributed by atoms with Crippen LogP contribution in [-0.4, -0.2) is 31.0 Å². The number of hydrazine groups is 1. The lowest BCUT2D eigenvalue weighted by molar-refractivity contribution is -0.129. The molecule has 0 radical (unpaired) electrons. The molecule has 1 aromatic heterocycles. The molecule has 0 bridgehead atoms. The SMILES string of the molecule is COCC1CCC2C(CCC3C2CCC2(C)C(C(=O)CN(N)c4cnccc4N)CCC32)C1. The molecule has 5 rings (SSSR count). The molecular weight excluding hydrogens is 412 g/mol. The molecule has 0 aromatic carbocycles. The fraction of sp³-hybridized carbons (Fsp3) is 0.778. The van der Waals surface area contributed by atoms with Crippen LogP contribution in [0.25, 0.3) is 0 Å². The summed E-state index contributed by atoms with van der Waals surface area (Å²) in [6, 6.07) is 1.73. The van der Waals surface area contributed by atoms with Crippen molar-refractivity contribution in [2.75, 3.05) is 31.0 Å². The number of rotatable bonds is 6. The summed E-state index contributed by atoms with van der Waals surface area (Å²) in [4.78, 5) is 17.6. The van der Waals surface area contributed by atoms with Gasteiger partial charge in [0.1, 0.15) is 0 Å². The smallest absolute Gasteiger partial charge is 0.157 e. The zero-order valence-electron chi connectivity index (χ0n) is 20.4. The van der Waals surface area contributed by atoms with Crippen LogP contribution in [0, 0.1) is 46.8 Å². The van der Waals surface area contributed by atoms with Crippen LogP contribution in [0.1, 0.15) is 64.7 Å². The van der Waals surface area contributed by atoms with E-state index in [0.717, 1.165) is 42.6 Å². The highest BCUT2D eigenvalue weighted by Crippen LogP contribution is 2.64. The highest BCUT2D eigenvalue weighted by Gasteiger charge is 2.58. The third-order valence-corrected chi connectivity index (χ3v) is 10.3. The number of fused-ring (bicyclic) bond motifs is 5. The largest absolute Gasteiger partial charge is 0.397 e. The number of pyridine rings is 1. The fourth-order valence-electron chi connectivity index (χ4n) is 8.87. The Bertz CT molecular complexity index is 862. The van der Waals surface area contributed by atoms with Crippen LogP contribution in [0.3, 0.4) is 0 Å². The Morgan fingerprint density at radius 1 is 1.15 bits per heavy atom. The van der Waals surface area contributed by atoms with E-state index in [1.807, 2.05) is 7.11 Å². The van der Waals surface area contributed by atoms with E-state index in [1.165, 1.54) is 56.4 Å². The van der Waals surface area contributed by atoms with Crippen molar-refractivity contribution in [2.24, 2.45) is 52.7 Å². The summed E-state index contributed by atoms with van der Waals surface area (Å²) in [5, 5.41) is 1.50. The van der Waals surface area contributed by atoms with Crippen molar-refractivity contribution in [2.45, 2.75) is 64.7 Å². The molecule has 8 atom stereocenters. The summed E-state index contributed by atoms with van der Waals surface area (Å²) in [5.41, 5.74) is 7.38. The van der Waals surface area contributed by atoms with Crippen molar-refractivity contribution in [3.05, 3.63) is 18.5 Å². The Balaban J connectivity index is 1.26. The third kappa shape index (κ3) is 4.07. The number of carbonyl (C=O) groups is 1. The second-order valence-electron chi connectivity index (χ2n) is 11.8. The van der Waals surface area contributed by atoms with Crippen molar-refractivity contribution in [1.29, 1.82) is 0 Å². The maximum absolute atomic E-state index is 13.5. The van der Waals surface area contributed by atoms with Gasteiger partial charge in [0.25, 0.3) is 0 Å². The lowest BCUT2D eigenvalue weighted by Crippen LogP contribution is -2.50. The lowest BCUT2D eigenvalue weighted by Gasteiger charge is -2.56. The van der Waals surface area contributed by atoms with E-state index in [2.05, 4.69) is 11.9 Å². The summed E-state index contributed by atoms with van der Waals surface area (Å²) in [6.07, 6.45) is 14.9. The number of nitrogen functional groups attached to an aromatic ring is 1. The minimum Gasteiger partial charge on any atom is -0.397 e. The molecule has 182 valence electrons. The van der Waals surface area contributed by atoms with Gasteiger partial charge in [0.05, 0.1) is 24.1 Å². The normalized spacial score (nSPS) is 39.9. The Kier molecular flexibility index (Phi) is 6.43. The number of hydrogen-bond donors (Lipinski definition) is 2. The van der Waals surface area contributed by atoms with Gasteiger partial charge in [-0.15, -0.1) is 0 Å². The van der Waals surface area contributed by atoms with E-state index in [4.69, 9.17) is 16.3 Å². The van der Waals surface area contributed by atoms with Gasteiger partial charge in [0.15, 0.2) is 5.78 Å². The van der Waals surface area contributed by atoms with Crippen molar-refractivity contribution < 1.29 is 9.53 Å². The zero-order chi connectivity index (χ0) is 23.2. The molecule has 6 nitrogen and oxygen atoms in total. The topological polar surface area (TPSA) is 94.5 Å². The van der Waals surface area contributed by atoms with Crippen molar-refractivity contribution in [3.8, 4) is 0 Å². The molecule has 1 aromatic rings. The first kappa shape index (κ1) is 23.1. The first-order valence-corrected chi connectivity index (χ1v) is 13.2. The number of carbonyl (C=O) groups excluding carboxylic acids is 1. The molecule has 4 aliphatic rings. The standard InChI is InChI=1S/C27H42N4O2/c1-27-11-9-20-19-5-3-17(16-33-2)13-18(19)4-6-21(20)22(27)7-8-23(27)26(32)15-31(29)25-14-30-12-10-24(25)28/h10,12,14,17-23H,3-9,11,13,15-16,29H2,1-2H3,(H2,28,30). The molecule has 0 aliphatic heterocycles. The molecule has 0 amide bonds. The van der Waals surface area contributed by atoms with Gasteiger partial charge in [0.2, 0.25) is 0 Å². The van der Waals surface area contributed by atoms with Gasteiger partial charge in [-0.1, -0.05) is 6.92 Å². The van der Waals surface area contributed by atoms with Crippen LogP contribution >= 0.6 is 0 Å². The number of hydrogen-bond acceptors (Lipinski definition) is 6. The van der Waals surface area contributed by atoms with Gasteiger partial charge in [-0.2, -0.15) is 0 Å². The number of Topliss-reactive ketones (excluding diaryl/α,β-unsaturated/α-hetero) is 1. The summed E-state index contributed by atoms with van der Waals surface area (Å²) in [7, 11) is 1.85. The predicted octanol–water partition coefficient (Wildman–Crippen LogP) is 4.44. The van der Waals surface area contributed by atoms with Gasteiger partial charge < -0.3 is 15.5 Å². The van der Waals surface area contributed by atoms with E-state index in [9.17, 15) is 4.79 Å². The van der Waals surface area contributed by atoms with Crippen LogP contribution in [-0.2, 0) is 9.53 Å². The highest BCUT2D eigenvalue weighted by molar-refractivity contribution is 5.87. The van der Waals surface area contributed by atoms with Crippen LogP contribution in [0.15, 0.2) is 18.5 Å². The number of anilines is 2. The second kappa shape index (κ2) is 9.18. The van der Waals surface area contributed by atoms with Gasteiger partial charge >= 0.3 is 0 Å². The Hall–Kier alpha value is -1.66. The molecular formula is C27H42N4O2. The van der Waals surface area contributed by atoms with Gasteiger partial charge in [-0.25, -0.2) is 5.84 Å². The molecule has 0 saturated heterocycles. The number of methoxy groups -OCH3 is 1. The molecule has 0 spiro atoms. The lowest BCUT2D eigenvalue weighted by atomic mass is 9.49. The van der Waals surface area contributed by atoms with E-state index < -0.39 is 0 Å². The molecule has 4 aliphatic carbocycles. The van der Waals surface area contributed by atoms with Crippen LogP contribution < -0.4 is 16.6 Å². The van der Waals surface area contributed by atoms with Crippen molar-refractivity contribution >= 4 is 17.2 Å². The van der Waals surface area contributed by atoms with Crippen LogP contribution in [0.2, 0.25) is 0 Å². The third-order valence-electron chi connectivity index (χ3n) is 10.3. The van der Waals surface area contributed by atoms with Crippen molar-refractivity contribution in [3.63, 3.8) is 0 Å². The maximum Gasteiger partial charge on any atom is 0.157 e. The molecule has 33 heavy (non-hydrogen) atoms. The first-order chi connectivity index (χ1) is 15.9. The van der Waals surface area contributed by atoms with Gasteiger partial charge in [-0.3, -0.25) is 9.78 Å². The molecule has 4 N–H and O–H groups in total. The van der Waals surface area contributed by atoms with E-state index in [0.29, 0.717) is 17.3 Å². The number of ketones is 1. The monoisotopic (exact) mass is 454 g/mol. The first-order valence-electron chi connectivity index (χ1n) is 13.2. The maximum atomic E-state index is 13.5. The van der Waals surface area contributed by atoms with Gasteiger partial charge in [-0.05, 0) is 105 Å². The summed E-state index contributed by atoms with van der Waals surface area (Å²) < 4.78 is 5.48. The Morgan fingerprint density at radius 3 is 2.76 bits per heavy atom. The number of nitrogens with two attached hydrogens (primary N) is 2. The zero-order valence-corrected chi connectivity index (χ0v) is 20.4. The number of aromatic nitrogens is 1. The average molecular weight is 455 g/mol. The summed E-state index contributed by atoms with van der Waals surface area (Å²) in [6.45, 7) is 3.57. The van der Waals surface area contributed by atoms with E-state index >= 15 is 0 Å². The highest BCUT2D eigenvalue weighted by atomic mass is 16.5. The molecule has 1 heterocycles. The van der Waals surface area contributed by atoms with E-state index in [-0.39, 0.29) is 23.7 Å². The molecule has 6 heteroatoms. The van der Waals surface area contributed by atoms with Crippen molar-refractivity contribution in [1.82, 2.24) is 4.98 Å². The van der Waals surface area contributed by atoms with E-state index in [1.54, 1.807) is 18.5 Å². The second-order valence-corrected chi connectivity index (χ2v) is 11.8. The summed E-state index contributed by atoms with van der Waals surface area (Å²) in [5.74, 6) is 11.6. The van der Waals surface area contributed by atoms with Crippen LogP contribution in [0.4, 0.5) is 11.4 Å². The molecule has 4 fully saturated rings. The predicted molar refractivity (Wildman–Crippen MR) is 131 cm³/mol. The Morgan fingerprint density at radius 2 is 1.97 bits per heavy atom. The van der Waals surface area contributed by atoms with Crippen LogP contribution in [0.5, 0.6) is 0 Å². The average Bonchev–Trinajstić information content (AvgIpc) is 3.16. The quantitative estimate of drug-likeness (QED) is 0.487. The molecule has 4 saturated carbocycles. The number of nitrogens with zero attached hydrogens (tertiary/aromatic N) is 2. The minimum absolute atomic E-state index is 0.113. The Labute approximate surface area is 198 Å². The summed E-state index contributed by atoms with van der Waals surface area (Å²) >= 11 is 0. The van der Waals surface area contributed by atoms with Gasteiger partial charge in [0, 0.05) is 25.8 Å². The molecule has 8 unspecified atom stereocenters. The minimum atomic E-state index is 0.113. The number of ether oxygens (including phenoxy) is 1. The fourth-order valence-corrected chi connectivity index (χ4v) is 8.87.